The number of allylic oxidation sites excluding steroid dienone is 2. The highest BCUT2D eigenvalue weighted by Crippen LogP contribution is 2.44. The lowest BCUT2D eigenvalue weighted by Gasteiger charge is -2.23. The molecule has 8 rings (SSSR count). The number of nitrogens with zero attached hydrogens (tertiary/aromatic N) is 1. The van der Waals surface area contributed by atoms with Gasteiger partial charge in [0.15, 0.2) is 12.0 Å². The van der Waals surface area contributed by atoms with Gasteiger partial charge in [0.25, 0.3) is 0 Å². The summed E-state index contributed by atoms with van der Waals surface area (Å²) < 4.78 is 6.62. The summed E-state index contributed by atoms with van der Waals surface area (Å²) in [5.41, 5.74) is 6.64. The maximum Gasteiger partial charge on any atom is 0.196 e. The van der Waals surface area contributed by atoms with E-state index in [0.29, 0.717) is 0 Å². The molecule has 2 atom stereocenters. The third-order valence-corrected chi connectivity index (χ3v) is 8.15. The van der Waals surface area contributed by atoms with Crippen LogP contribution in [0.3, 0.4) is 0 Å². The number of anilines is 1. The van der Waals surface area contributed by atoms with Gasteiger partial charge in [-0.15, -0.1) is 0 Å². The zero-order valence-electron chi connectivity index (χ0n) is 22.5. The molecule has 2 N–H and O–H groups in total. The molecule has 0 aromatic heterocycles. The topological polar surface area (TPSA) is 45.7 Å². The summed E-state index contributed by atoms with van der Waals surface area (Å²) in [7, 11) is 0. The van der Waals surface area contributed by atoms with E-state index in [1.807, 2.05) is 12.1 Å². The van der Waals surface area contributed by atoms with Gasteiger partial charge in [-0.1, -0.05) is 109 Å². The largest absolute Gasteiger partial charge is 0.464 e. The number of hydrogen-bond donors (Lipinski definition) is 2. The average molecular weight is 532 g/mol. The van der Waals surface area contributed by atoms with Crippen molar-refractivity contribution in [3.8, 4) is 5.75 Å². The first-order valence-electron chi connectivity index (χ1n) is 14.3. The second-order valence-electron chi connectivity index (χ2n) is 10.8. The number of hydrogen-bond acceptors (Lipinski definition) is 4. The van der Waals surface area contributed by atoms with Gasteiger partial charge in [-0.25, -0.2) is 0 Å². The lowest BCUT2D eigenvalue weighted by Crippen LogP contribution is -2.27. The third-order valence-electron chi connectivity index (χ3n) is 8.15. The number of rotatable bonds is 4. The predicted molar refractivity (Wildman–Crippen MR) is 169 cm³/mol. The molecule has 0 radical (unpaired) electrons. The molecular weight excluding hydrogens is 502 g/mol. The molecule has 0 bridgehead atoms. The van der Waals surface area contributed by atoms with Crippen LogP contribution in [0, 0.1) is 0 Å². The van der Waals surface area contributed by atoms with Crippen molar-refractivity contribution in [3.63, 3.8) is 0 Å². The van der Waals surface area contributed by atoms with E-state index < -0.39 is 0 Å². The lowest BCUT2D eigenvalue weighted by atomic mass is 9.97. The molecule has 4 nitrogen and oxygen atoms in total. The molecule has 41 heavy (non-hydrogen) atoms. The van der Waals surface area contributed by atoms with E-state index in [1.54, 1.807) is 0 Å². The van der Waals surface area contributed by atoms with Crippen LogP contribution in [-0.4, -0.2) is 12.1 Å². The van der Waals surface area contributed by atoms with Crippen LogP contribution in [0.1, 0.15) is 35.6 Å². The van der Waals surface area contributed by atoms with E-state index in [-0.39, 0.29) is 12.3 Å². The summed E-state index contributed by atoms with van der Waals surface area (Å²) in [6.07, 6.45) is 10.9. The molecule has 0 spiro atoms. The van der Waals surface area contributed by atoms with Crippen molar-refractivity contribution in [1.82, 2.24) is 5.32 Å². The minimum absolute atomic E-state index is 0.0831. The molecule has 4 heteroatoms. The molecule has 2 heterocycles. The van der Waals surface area contributed by atoms with Crippen molar-refractivity contribution in [1.29, 1.82) is 0 Å². The van der Waals surface area contributed by atoms with Crippen molar-refractivity contribution in [2.75, 3.05) is 5.32 Å². The van der Waals surface area contributed by atoms with Crippen LogP contribution in [0.4, 0.5) is 5.69 Å². The molecule has 0 saturated carbocycles. The van der Waals surface area contributed by atoms with Crippen molar-refractivity contribution in [2.45, 2.75) is 25.1 Å². The number of ether oxygens (including phenoxy) is 1. The number of fused-ring (bicyclic) bond motifs is 5. The van der Waals surface area contributed by atoms with E-state index in [2.05, 4.69) is 126 Å². The van der Waals surface area contributed by atoms with E-state index in [9.17, 15) is 0 Å². The number of aliphatic imine (C=N–C) groups is 1. The van der Waals surface area contributed by atoms with Crippen LogP contribution >= 0.6 is 0 Å². The van der Waals surface area contributed by atoms with E-state index in [1.165, 1.54) is 16.5 Å². The standard InChI is InChI=1S/C37H29N3O/c1-4-10-25(11-5-1)32-23-33(26-12-6-2-7-13-26)39-36(38-32)29-19-17-24-16-18-27-20-21-31-35(34(27)30(24)22-29)41-37(40-31)28-14-8-3-9-15-28/h1-2,4-8,10-23,32,37,40H,3,9H2,(H,38,39). The number of benzene rings is 5. The van der Waals surface area contributed by atoms with Gasteiger partial charge in [0, 0.05) is 22.2 Å². The summed E-state index contributed by atoms with van der Waals surface area (Å²) in [5.74, 6) is 1.78. The molecule has 0 saturated heterocycles. The Morgan fingerprint density at radius 1 is 0.756 bits per heavy atom. The lowest BCUT2D eigenvalue weighted by molar-refractivity contribution is 0.296. The summed E-state index contributed by atoms with van der Waals surface area (Å²) in [4.78, 5) is 5.20. The van der Waals surface area contributed by atoms with Crippen LogP contribution < -0.4 is 15.4 Å². The van der Waals surface area contributed by atoms with Gasteiger partial charge in [0.05, 0.1) is 11.7 Å². The average Bonchev–Trinajstić information content (AvgIpc) is 3.50. The Balaban J connectivity index is 1.24. The second kappa shape index (κ2) is 9.83. The van der Waals surface area contributed by atoms with Crippen LogP contribution in [0.5, 0.6) is 5.75 Å². The Bertz CT molecular complexity index is 1920. The van der Waals surface area contributed by atoms with E-state index in [4.69, 9.17) is 9.73 Å². The molecule has 5 aromatic carbocycles. The summed E-state index contributed by atoms with van der Waals surface area (Å²) in [6.45, 7) is 0. The molecule has 2 aliphatic heterocycles. The van der Waals surface area contributed by atoms with Gasteiger partial charge in [-0.2, -0.15) is 0 Å². The number of nitrogens with one attached hydrogen (secondary N) is 2. The highest BCUT2D eigenvalue weighted by molar-refractivity contribution is 6.15. The minimum Gasteiger partial charge on any atom is -0.464 e. The first kappa shape index (κ1) is 23.8. The molecule has 3 aliphatic rings. The quantitative estimate of drug-likeness (QED) is 0.229. The van der Waals surface area contributed by atoms with E-state index >= 15 is 0 Å². The van der Waals surface area contributed by atoms with Gasteiger partial charge in [-0.05, 0) is 58.3 Å². The van der Waals surface area contributed by atoms with Crippen molar-refractivity contribution in [3.05, 3.63) is 150 Å². The fourth-order valence-electron chi connectivity index (χ4n) is 6.05. The van der Waals surface area contributed by atoms with Gasteiger partial charge >= 0.3 is 0 Å². The first-order chi connectivity index (χ1) is 20.3. The van der Waals surface area contributed by atoms with Crippen LogP contribution in [-0.2, 0) is 0 Å². The Labute approximate surface area is 239 Å². The minimum atomic E-state index is -0.167. The van der Waals surface area contributed by atoms with Crippen LogP contribution in [0.15, 0.2) is 138 Å². The van der Waals surface area contributed by atoms with Crippen molar-refractivity contribution >= 4 is 38.8 Å². The predicted octanol–water partition coefficient (Wildman–Crippen LogP) is 8.53. The molecule has 0 fully saturated rings. The Kier molecular flexibility index (Phi) is 5.70. The Hall–Kier alpha value is -5.09. The Morgan fingerprint density at radius 2 is 1.54 bits per heavy atom. The van der Waals surface area contributed by atoms with Crippen LogP contribution in [0.25, 0.3) is 27.2 Å². The van der Waals surface area contributed by atoms with Crippen molar-refractivity contribution < 1.29 is 4.74 Å². The molecule has 0 amide bonds. The van der Waals surface area contributed by atoms with Gasteiger partial charge in [-0.3, -0.25) is 4.99 Å². The first-order valence-corrected chi connectivity index (χ1v) is 14.3. The summed E-state index contributed by atoms with van der Waals surface area (Å²) in [6, 6.07) is 36.2. The zero-order chi connectivity index (χ0) is 27.2. The van der Waals surface area contributed by atoms with Gasteiger partial charge < -0.3 is 15.4 Å². The smallest absolute Gasteiger partial charge is 0.196 e. The third kappa shape index (κ3) is 4.29. The van der Waals surface area contributed by atoms with Crippen LogP contribution in [0.2, 0.25) is 0 Å². The summed E-state index contributed by atoms with van der Waals surface area (Å²) in [5, 5.41) is 11.9. The highest BCUT2D eigenvalue weighted by atomic mass is 16.5. The molecule has 1 aliphatic carbocycles. The molecule has 198 valence electrons. The monoisotopic (exact) mass is 531 g/mol. The normalized spacial score (nSPS) is 19.5. The second-order valence-corrected chi connectivity index (χ2v) is 10.8. The Morgan fingerprint density at radius 3 is 2.37 bits per heavy atom. The number of amidine groups is 1. The highest BCUT2D eigenvalue weighted by Gasteiger charge is 2.27. The SMILES string of the molecule is C1=CC(C2Nc3ccc4ccc5ccc(C6=NC(c7ccccc7)C=C(c7ccccc7)N6)cc5c4c3O2)=CCC1. The maximum atomic E-state index is 6.62. The van der Waals surface area contributed by atoms with Gasteiger partial charge in [0.1, 0.15) is 5.84 Å². The molecule has 2 unspecified atom stereocenters. The van der Waals surface area contributed by atoms with Crippen molar-refractivity contribution in [2.24, 2.45) is 4.99 Å². The van der Waals surface area contributed by atoms with E-state index in [0.717, 1.165) is 63.1 Å². The zero-order valence-corrected chi connectivity index (χ0v) is 22.5. The molecular formula is C37H29N3O. The molecule has 5 aromatic rings. The fourth-order valence-corrected chi connectivity index (χ4v) is 6.05. The summed E-state index contributed by atoms with van der Waals surface area (Å²) >= 11 is 0. The fraction of sp³-hybridized carbons (Fsp3) is 0.108. The maximum absolute atomic E-state index is 6.62. The van der Waals surface area contributed by atoms with Gasteiger partial charge in [0.2, 0.25) is 0 Å².